The Morgan fingerprint density at radius 1 is 1.08 bits per heavy atom. The van der Waals surface area contributed by atoms with Crippen LogP contribution in [0.1, 0.15) is 0 Å². The minimum absolute atomic E-state index is 0.101. The van der Waals surface area contributed by atoms with Crippen molar-refractivity contribution in [3.63, 3.8) is 0 Å². The summed E-state index contributed by atoms with van der Waals surface area (Å²) < 4.78 is 7.71. The van der Waals surface area contributed by atoms with Crippen LogP contribution in [-0.2, 0) is 4.79 Å². The number of carbonyl (C=O) groups is 1. The average molecular weight is 469 g/mol. The molecule has 24 heavy (non-hydrogen) atoms. The molecule has 0 bridgehead atoms. The van der Waals surface area contributed by atoms with Crippen molar-refractivity contribution in [2.24, 2.45) is 0 Å². The van der Waals surface area contributed by atoms with Crippen molar-refractivity contribution >= 4 is 49.6 Å². The molecular formula is C17H11Br2NO3S. The van der Waals surface area contributed by atoms with Crippen LogP contribution in [0, 0.1) is 0 Å². The van der Waals surface area contributed by atoms with E-state index in [1.165, 1.54) is 0 Å². The van der Waals surface area contributed by atoms with Gasteiger partial charge in [-0.15, -0.1) is 0 Å². The van der Waals surface area contributed by atoms with Gasteiger partial charge in [0.25, 0.3) is 5.22 Å². The van der Waals surface area contributed by atoms with Gasteiger partial charge < -0.3 is 9.52 Å². The fraction of sp³-hybridized carbons (Fsp3) is 0.0588. The molecule has 0 fully saturated rings. The van der Waals surface area contributed by atoms with Gasteiger partial charge in [-0.2, -0.15) is 0 Å². The zero-order valence-electron chi connectivity index (χ0n) is 12.2. The molecule has 0 atom stereocenters. The number of aromatic nitrogens is 1. The highest BCUT2D eigenvalue weighted by Crippen LogP contribution is 2.37. The summed E-state index contributed by atoms with van der Waals surface area (Å²) in [5.74, 6) is -0.399. The zero-order chi connectivity index (χ0) is 17.1. The Hall–Kier alpha value is -1.57. The smallest absolute Gasteiger partial charge is 0.314 e. The number of aliphatic carboxylic acids is 1. The van der Waals surface area contributed by atoms with Gasteiger partial charge in [0.05, 0.1) is 0 Å². The highest BCUT2D eigenvalue weighted by molar-refractivity contribution is 9.10. The van der Waals surface area contributed by atoms with E-state index in [0.29, 0.717) is 16.7 Å². The summed E-state index contributed by atoms with van der Waals surface area (Å²) in [6, 6.07) is 15.5. The molecule has 0 radical (unpaired) electrons. The first-order valence-corrected chi connectivity index (χ1v) is 9.47. The lowest BCUT2D eigenvalue weighted by Crippen LogP contribution is -1.97. The standard InChI is InChI=1S/C17H11Br2NO3S/c18-12-5-1-3-10(7-12)15-16(11-4-2-6-13(19)8-11)23-17(20-15)24-9-14(21)22/h1-8H,9H2,(H,21,22). The quantitative estimate of drug-likeness (QED) is 0.486. The number of carboxylic acid groups (broad SMARTS) is 1. The number of carboxylic acids is 1. The molecule has 4 nitrogen and oxygen atoms in total. The van der Waals surface area contributed by atoms with Crippen LogP contribution < -0.4 is 0 Å². The molecule has 0 aliphatic heterocycles. The largest absolute Gasteiger partial charge is 0.481 e. The third-order valence-electron chi connectivity index (χ3n) is 3.11. The minimum atomic E-state index is -0.911. The lowest BCUT2D eigenvalue weighted by molar-refractivity contribution is -0.133. The van der Waals surface area contributed by atoms with Crippen molar-refractivity contribution in [2.45, 2.75) is 5.22 Å². The Balaban J connectivity index is 2.09. The van der Waals surface area contributed by atoms with Gasteiger partial charge in [0.15, 0.2) is 5.76 Å². The molecule has 0 aliphatic carbocycles. The fourth-order valence-electron chi connectivity index (χ4n) is 2.14. The normalized spacial score (nSPS) is 10.8. The van der Waals surface area contributed by atoms with Gasteiger partial charge in [0, 0.05) is 20.1 Å². The first-order chi connectivity index (χ1) is 11.5. The summed E-state index contributed by atoms with van der Waals surface area (Å²) in [5, 5.41) is 9.19. The van der Waals surface area contributed by atoms with E-state index in [2.05, 4.69) is 36.8 Å². The van der Waals surface area contributed by atoms with Gasteiger partial charge in [-0.3, -0.25) is 4.79 Å². The Labute approximate surface area is 159 Å². The average Bonchev–Trinajstić information content (AvgIpc) is 2.97. The molecule has 1 heterocycles. The molecule has 0 saturated heterocycles. The number of thioether (sulfide) groups is 1. The van der Waals surface area contributed by atoms with Gasteiger partial charge in [-0.1, -0.05) is 67.9 Å². The molecule has 2 aromatic carbocycles. The van der Waals surface area contributed by atoms with E-state index in [1.54, 1.807) is 0 Å². The predicted molar refractivity (Wildman–Crippen MR) is 101 cm³/mol. The van der Waals surface area contributed by atoms with Crippen LogP contribution in [-0.4, -0.2) is 21.8 Å². The summed E-state index contributed by atoms with van der Waals surface area (Å²) in [7, 11) is 0. The van der Waals surface area contributed by atoms with Crippen LogP contribution in [0.25, 0.3) is 22.6 Å². The number of oxazole rings is 1. The van der Waals surface area contributed by atoms with Crippen LogP contribution in [0.15, 0.2) is 67.1 Å². The second kappa shape index (κ2) is 7.55. The molecule has 7 heteroatoms. The van der Waals surface area contributed by atoms with E-state index in [0.717, 1.165) is 31.8 Å². The van der Waals surface area contributed by atoms with Crippen LogP contribution >= 0.6 is 43.6 Å². The van der Waals surface area contributed by atoms with Gasteiger partial charge in [-0.05, 0) is 24.3 Å². The number of rotatable bonds is 5. The van der Waals surface area contributed by atoms with Crippen molar-refractivity contribution in [3.8, 4) is 22.6 Å². The summed E-state index contributed by atoms with van der Waals surface area (Å²) >= 11 is 7.98. The highest BCUT2D eigenvalue weighted by atomic mass is 79.9. The lowest BCUT2D eigenvalue weighted by atomic mass is 10.1. The maximum absolute atomic E-state index is 10.8. The van der Waals surface area contributed by atoms with Gasteiger partial charge >= 0.3 is 5.97 Å². The molecule has 0 unspecified atom stereocenters. The summed E-state index contributed by atoms with van der Waals surface area (Å²) in [6.07, 6.45) is 0. The molecule has 3 rings (SSSR count). The second-order valence-corrected chi connectivity index (χ2v) is 7.62. The number of hydrogen-bond acceptors (Lipinski definition) is 4. The van der Waals surface area contributed by atoms with E-state index in [9.17, 15) is 4.79 Å². The summed E-state index contributed by atoms with van der Waals surface area (Å²) in [4.78, 5) is 15.3. The Bertz CT molecular complexity index is 832. The SMILES string of the molecule is O=C(O)CSc1nc(-c2cccc(Br)c2)c(-c2cccc(Br)c2)o1. The number of hydrogen-bond donors (Lipinski definition) is 1. The predicted octanol–water partition coefficient (Wildman–Crippen LogP) is 5.71. The lowest BCUT2D eigenvalue weighted by Gasteiger charge is -2.02. The Morgan fingerprint density at radius 2 is 1.71 bits per heavy atom. The molecular weight excluding hydrogens is 458 g/mol. The first kappa shape index (κ1) is 17.3. The minimum Gasteiger partial charge on any atom is -0.481 e. The number of benzene rings is 2. The first-order valence-electron chi connectivity index (χ1n) is 6.90. The Kier molecular flexibility index (Phi) is 5.43. The van der Waals surface area contributed by atoms with Crippen LogP contribution in [0.5, 0.6) is 0 Å². The molecule has 1 aromatic heterocycles. The maximum atomic E-state index is 10.8. The molecule has 0 amide bonds. The fourth-order valence-corrected chi connectivity index (χ4v) is 3.49. The molecule has 0 spiro atoms. The van der Waals surface area contributed by atoms with Gasteiger partial charge in [-0.25, -0.2) is 4.98 Å². The topological polar surface area (TPSA) is 63.3 Å². The van der Waals surface area contributed by atoms with E-state index in [-0.39, 0.29) is 5.75 Å². The van der Waals surface area contributed by atoms with Crippen LogP contribution in [0.2, 0.25) is 0 Å². The van der Waals surface area contributed by atoms with Crippen molar-refractivity contribution in [2.75, 3.05) is 5.75 Å². The third-order valence-corrected chi connectivity index (χ3v) is 4.91. The molecule has 3 aromatic rings. The summed E-state index contributed by atoms with van der Waals surface area (Å²) in [5.41, 5.74) is 2.45. The van der Waals surface area contributed by atoms with Crippen LogP contribution in [0.3, 0.4) is 0 Å². The summed E-state index contributed by atoms with van der Waals surface area (Å²) in [6.45, 7) is 0. The Morgan fingerprint density at radius 3 is 2.33 bits per heavy atom. The van der Waals surface area contributed by atoms with E-state index >= 15 is 0 Å². The molecule has 1 N–H and O–H groups in total. The van der Waals surface area contributed by atoms with Gasteiger partial charge in [0.1, 0.15) is 11.4 Å². The molecule has 122 valence electrons. The number of nitrogens with zero attached hydrogens (tertiary/aromatic N) is 1. The molecule has 0 saturated carbocycles. The highest BCUT2D eigenvalue weighted by Gasteiger charge is 2.18. The van der Waals surface area contributed by atoms with E-state index in [1.807, 2.05) is 48.5 Å². The van der Waals surface area contributed by atoms with Crippen molar-refractivity contribution in [1.82, 2.24) is 4.98 Å². The number of halogens is 2. The van der Waals surface area contributed by atoms with E-state index in [4.69, 9.17) is 9.52 Å². The van der Waals surface area contributed by atoms with Gasteiger partial charge in [0.2, 0.25) is 0 Å². The van der Waals surface area contributed by atoms with Crippen molar-refractivity contribution in [1.29, 1.82) is 0 Å². The third kappa shape index (κ3) is 4.09. The van der Waals surface area contributed by atoms with Crippen molar-refractivity contribution < 1.29 is 14.3 Å². The molecule has 0 aliphatic rings. The monoisotopic (exact) mass is 467 g/mol. The van der Waals surface area contributed by atoms with Crippen molar-refractivity contribution in [3.05, 3.63) is 57.5 Å². The zero-order valence-corrected chi connectivity index (χ0v) is 16.2. The van der Waals surface area contributed by atoms with E-state index < -0.39 is 5.97 Å². The second-order valence-electron chi connectivity index (χ2n) is 4.86. The van der Waals surface area contributed by atoms with Crippen LogP contribution in [0.4, 0.5) is 0 Å². The maximum Gasteiger partial charge on any atom is 0.314 e.